The molecule has 0 aliphatic heterocycles. The van der Waals surface area contributed by atoms with Crippen LogP contribution in [0.25, 0.3) is 0 Å². The molecular weight excluding hydrogens is 385 g/mol. The van der Waals surface area contributed by atoms with Crippen LogP contribution in [0.3, 0.4) is 0 Å². The van der Waals surface area contributed by atoms with Crippen molar-refractivity contribution in [3.8, 4) is 11.5 Å². The number of ether oxygens (including phenoxy) is 2. The third-order valence-corrected chi connectivity index (χ3v) is 5.90. The average Bonchev–Trinajstić information content (AvgIpc) is 2.68. The zero-order chi connectivity index (χ0) is 19.6. The molecule has 2 aromatic rings. The van der Waals surface area contributed by atoms with Gasteiger partial charge in [0, 0.05) is 22.9 Å². The molecule has 4 nitrogen and oxygen atoms in total. The van der Waals surface area contributed by atoms with Gasteiger partial charge in [-0.05, 0) is 36.8 Å². The van der Waals surface area contributed by atoms with E-state index in [1.807, 2.05) is 31.2 Å². The summed E-state index contributed by atoms with van der Waals surface area (Å²) in [4.78, 5) is 13.2. The van der Waals surface area contributed by atoms with Crippen LogP contribution in [0.2, 0.25) is 0 Å². The van der Waals surface area contributed by atoms with Crippen LogP contribution in [-0.2, 0) is 10.5 Å². The maximum atomic E-state index is 13.5. The highest BCUT2D eigenvalue weighted by atomic mass is 32.2. The van der Waals surface area contributed by atoms with E-state index in [0.29, 0.717) is 29.4 Å². The van der Waals surface area contributed by atoms with E-state index in [4.69, 9.17) is 9.47 Å². The van der Waals surface area contributed by atoms with Crippen LogP contribution in [0.5, 0.6) is 11.5 Å². The molecular formula is C20H24FNO3S2. The van der Waals surface area contributed by atoms with E-state index in [9.17, 15) is 9.18 Å². The van der Waals surface area contributed by atoms with Gasteiger partial charge in [0.15, 0.2) is 11.5 Å². The molecule has 1 amide bonds. The number of hydrogen-bond donors (Lipinski definition) is 1. The highest BCUT2D eigenvalue weighted by molar-refractivity contribution is 8.00. The van der Waals surface area contributed by atoms with Crippen molar-refractivity contribution >= 4 is 29.4 Å². The van der Waals surface area contributed by atoms with Crippen LogP contribution >= 0.6 is 23.5 Å². The van der Waals surface area contributed by atoms with Gasteiger partial charge in [-0.3, -0.25) is 4.79 Å². The molecule has 0 aromatic heterocycles. The fraction of sp³-hybridized carbons (Fsp3) is 0.350. The minimum atomic E-state index is -0.236. The molecule has 0 saturated carbocycles. The van der Waals surface area contributed by atoms with Gasteiger partial charge >= 0.3 is 0 Å². The Labute approximate surface area is 168 Å². The zero-order valence-corrected chi connectivity index (χ0v) is 17.3. The predicted molar refractivity (Wildman–Crippen MR) is 110 cm³/mol. The summed E-state index contributed by atoms with van der Waals surface area (Å²) in [6, 6.07) is 12.3. The maximum Gasteiger partial charge on any atom is 0.233 e. The van der Waals surface area contributed by atoms with Crippen LogP contribution in [0.4, 0.5) is 4.39 Å². The molecule has 0 spiro atoms. The minimum absolute atomic E-state index is 0.0266. The lowest BCUT2D eigenvalue weighted by Gasteiger charge is -2.14. The SMILES string of the molecule is COc1ccc(SC(C)C(=O)NCCSCc2ccccc2F)cc1OC. The smallest absolute Gasteiger partial charge is 0.233 e. The van der Waals surface area contributed by atoms with Crippen molar-refractivity contribution < 1.29 is 18.7 Å². The van der Waals surface area contributed by atoms with Crippen molar-refractivity contribution in [1.29, 1.82) is 0 Å². The Bertz CT molecular complexity index is 758. The van der Waals surface area contributed by atoms with Gasteiger partial charge in [0.05, 0.1) is 19.5 Å². The monoisotopic (exact) mass is 409 g/mol. The standard InChI is InChI=1S/C20H24FNO3S2/c1-14(27-16-8-9-18(24-2)19(12-16)25-3)20(23)22-10-11-26-13-15-6-4-5-7-17(15)21/h4-9,12,14H,10-11,13H2,1-3H3,(H,22,23). The summed E-state index contributed by atoms with van der Waals surface area (Å²) in [5.41, 5.74) is 0.686. The number of methoxy groups -OCH3 is 2. The van der Waals surface area contributed by atoms with E-state index >= 15 is 0 Å². The first-order chi connectivity index (χ1) is 13.0. The molecule has 0 aliphatic carbocycles. The molecule has 27 heavy (non-hydrogen) atoms. The Morgan fingerprint density at radius 1 is 1.15 bits per heavy atom. The fourth-order valence-electron chi connectivity index (χ4n) is 2.34. The van der Waals surface area contributed by atoms with Crippen LogP contribution in [0.15, 0.2) is 47.4 Å². The molecule has 0 aliphatic rings. The van der Waals surface area contributed by atoms with Crippen LogP contribution < -0.4 is 14.8 Å². The number of rotatable bonds is 10. The second-order valence-electron chi connectivity index (χ2n) is 5.71. The number of halogens is 1. The van der Waals surface area contributed by atoms with E-state index < -0.39 is 0 Å². The summed E-state index contributed by atoms with van der Waals surface area (Å²) in [6.07, 6.45) is 0. The van der Waals surface area contributed by atoms with Crippen LogP contribution in [-0.4, -0.2) is 37.7 Å². The molecule has 1 atom stereocenters. The lowest BCUT2D eigenvalue weighted by atomic mass is 10.2. The van der Waals surface area contributed by atoms with Gasteiger partial charge in [-0.2, -0.15) is 11.8 Å². The summed E-state index contributed by atoms with van der Waals surface area (Å²) in [5.74, 6) is 2.41. The molecule has 0 heterocycles. The summed E-state index contributed by atoms with van der Waals surface area (Å²) in [6.45, 7) is 2.41. The van der Waals surface area contributed by atoms with Gasteiger partial charge in [0.2, 0.25) is 5.91 Å². The number of nitrogens with one attached hydrogen (secondary N) is 1. The highest BCUT2D eigenvalue weighted by Crippen LogP contribution is 2.33. The number of hydrogen-bond acceptors (Lipinski definition) is 5. The molecule has 0 radical (unpaired) electrons. The van der Waals surface area contributed by atoms with Crippen LogP contribution in [0.1, 0.15) is 12.5 Å². The Kier molecular flexibility index (Phi) is 8.81. The van der Waals surface area contributed by atoms with Gasteiger partial charge < -0.3 is 14.8 Å². The quantitative estimate of drug-likeness (QED) is 0.466. The molecule has 0 bridgehead atoms. The number of thioether (sulfide) groups is 2. The summed E-state index contributed by atoms with van der Waals surface area (Å²) in [5, 5.41) is 2.69. The van der Waals surface area contributed by atoms with Crippen molar-refractivity contribution in [2.24, 2.45) is 0 Å². The first kappa shape index (κ1) is 21.4. The van der Waals surface area contributed by atoms with Gasteiger partial charge in [0.1, 0.15) is 5.82 Å². The number of benzene rings is 2. The highest BCUT2D eigenvalue weighted by Gasteiger charge is 2.15. The van der Waals surface area contributed by atoms with Crippen molar-refractivity contribution in [3.63, 3.8) is 0 Å². The summed E-state index contributed by atoms with van der Waals surface area (Å²) >= 11 is 3.05. The van der Waals surface area contributed by atoms with Crippen molar-refractivity contribution in [1.82, 2.24) is 5.32 Å². The van der Waals surface area contributed by atoms with Crippen LogP contribution in [0, 0.1) is 5.82 Å². The lowest BCUT2D eigenvalue weighted by molar-refractivity contribution is -0.120. The van der Waals surface area contributed by atoms with Crippen molar-refractivity contribution in [2.75, 3.05) is 26.5 Å². The largest absolute Gasteiger partial charge is 0.493 e. The maximum absolute atomic E-state index is 13.5. The molecule has 1 unspecified atom stereocenters. The first-order valence-electron chi connectivity index (χ1n) is 8.52. The van der Waals surface area contributed by atoms with Gasteiger partial charge in [-0.15, -0.1) is 11.8 Å². The molecule has 146 valence electrons. The van der Waals surface area contributed by atoms with Crippen molar-refractivity contribution in [3.05, 3.63) is 53.8 Å². The Morgan fingerprint density at radius 2 is 1.89 bits per heavy atom. The van der Waals surface area contributed by atoms with Gasteiger partial charge in [-0.25, -0.2) is 4.39 Å². The third-order valence-electron chi connectivity index (χ3n) is 3.80. The topological polar surface area (TPSA) is 47.6 Å². The second kappa shape index (κ2) is 11.1. The Hall–Kier alpha value is -1.86. The normalized spacial score (nSPS) is 11.7. The van der Waals surface area contributed by atoms with Gasteiger partial charge in [0.25, 0.3) is 0 Å². The average molecular weight is 410 g/mol. The van der Waals surface area contributed by atoms with E-state index in [1.165, 1.54) is 17.8 Å². The number of carbonyl (C=O) groups is 1. The zero-order valence-electron chi connectivity index (χ0n) is 15.7. The molecule has 7 heteroatoms. The number of amides is 1. The van der Waals surface area contributed by atoms with E-state index in [1.54, 1.807) is 38.1 Å². The second-order valence-corrected chi connectivity index (χ2v) is 8.23. The van der Waals surface area contributed by atoms with E-state index in [-0.39, 0.29) is 17.0 Å². The summed E-state index contributed by atoms with van der Waals surface area (Å²) < 4.78 is 24.0. The number of carbonyl (C=O) groups excluding carboxylic acids is 1. The fourth-order valence-corrected chi connectivity index (χ4v) is 4.10. The Balaban J connectivity index is 1.73. The van der Waals surface area contributed by atoms with Crippen molar-refractivity contribution in [2.45, 2.75) is 22.8 Å². The summed E-state index contributed by atoms with van der Waals surface area (Å²) in [7, 11) is 3.17. The first-order valence-corrected chi connectivity index (χ1v) is 10.6. The van der Waals surface area contributed by atoms with Gasteiger partial charge in [-0.1, -0.05) is 18.2 Å². The third kappa shape index (κ3) is 6.66. The molecule has 2 rings (SSSR count). The molecule has 0 saturated heterocycles. The molecule has 1 N–H and O–H groups in total. The Morgan fingerprint density at radius 3 is 2.59 bits per heavy atom. The van der Waals surface area contributed by atoms with E-state index in [0.717, 1.165) is 10.6 Å². The molecule has 2 aromatic carbocycles. The van der Waals surface area contributed by atoms with E-state index in [2.05, 4.69) is 5.32 Å². The lowest BCUT2D eigenvalue weighted by Crippen LogP contribution is -2.32. The molecule has 0 fully saturated rings. The predicted octanol–water partition coefficient (Wildman–Crippen LogP) is 4.37. The minimum Gasteiger partial charge on any atom is -0.493 e.